The number of rotatable bonds is 5. The van der Waals surface area contributed by atoms with Gasteiger partial charge in [-0.15, -0.1) is 12.4 Å². The third kappa shape index (κ3) is 4.59. The molecule has 0 unspecified atom stereocenters. The molecule has 4 heterocycles. The van der Waals surface area contributed by atoms with Crippen LogP contribution in [0.3, 0.4) is 0 Å². The number of alkyl halides is 2. The maximum Gasteiger partial charge on any atom is 0.302 e. The van der Waals surface area contributed by atoms with Crippen molar-refractivity contribution in [2.75, 3.05) is 26.2 Å². The van der Waals surface area contributed by atoms with Crippen molar-refractivity contribution >= 4 is 35.9 Å². The molecule has 4 rings (SSSR count). The van der Waals surface area contributed by atoms with Crippen LogP contribution in [0.4, 0.5) is 8.78 Å². The molecule has 150 valence electrons. The fraction of sp³-hybridized carbons (Fsp3) is 0.421. The summed E-state index contributed by atoms with van der Waals surface area (Å²) in [5, 5.41) is 3.86. The van der Waals surface area contributed by atoms with E-state index in [1.807, 2.05) is 12.3 Å². The third-order valence-electron chi connectivity index (χ3n) is 5.01. The van der Waals surface area contributed by atoms with Crippen LogP contribution in [0.5, 0.6) is 0 Å². The van der Waals surface area contributed by atoms with Gasteiger partial charge < -0.3 is 5.32 Å². The van der Waals surface area contributed by atoms with Crippen LogP contribution < -0.4 is 5.32 Å². The second kappa shape index (κ2) is 8.68. The lowest BCUT2D eigenvalue weighted by Gasteiger charge is -2.35. The fourth-order valence-corrected chi connectivity index (χ4v) is 3.67. The van der Waals surface area contributed by atoms with E-state index in [9.17, 15) is 8.78 Å². The molecule has 1 fully saturated rings. The molecule has 0 spiro atoms. The Morgan fingerprint density at radius 3 is 2.75 bits per heavy atom. The first-order valence-corrected chi connectivity index (χ1v) is 9.35. The molecule has 1 aromatic rings. The highest BCUT2D eigenvalue weighted by Crippen LogP contribution is 2.29. The van der Waals surface area contributed by atoms with Gasteiger partial charge in [-0.1, -0.05) is 11.6 Å². The van der Waals surface area contributed by atoms with Crippen molar-refractivity contribution in [3.8, 4) is 0 Å². The molecule has 3 aliphatic heterocycles. The van der Waals surface area contributed by atoms with E-state index in [1.54, 1.807) is 11.1 Å². The standard InChI is InChI=1S/C19H20ClF2N5.ClH/c20-13-1-2-18(25-9-13)19(21,22)12-27-7-4-14(5-8-27)26-17-11-23-10-16-15(17)3-6-24-16;/h1-3,6,9,11,14,26H,4-5,7-8,10,12H2;1H. The van der Waals surface area contributed by atoms with Gasteiger partial charge in [0, 0.05) is 43.3 Å². The highest BCUT2D eigenvalue weighted by atomic mass is 35.5. The van der Waals surface area contributed by atoms with Gasteiger partial charge in [0.05, 0.1) is 29.5 Å². The zero-order valence-corrected chi connectivity index (χ0v) is 16.7. The molecule has 1 aromatic heterocycles. The predicted octanol–water partition coefficient (Wildman–Crippen LogP) is 3.61. The van der Waals surface area contributed by atoms with Gasteiger partial charge in [0.15, 0.2) is 0 Å². The van der Waals surface area contributed by atoms with Crippen molar-refractivity contribution in [2.24, 2.45) is 9.98 Å². The van der Waals surface area contributed by atoms with E-state index < -0.39 is 5.92 Å². The summed E-state index contributed by atoms with van der Waals surface area (Å²) in [7, 11) is 0. The van der Waals surface area contributed by atoms with Crippen LogP contribution in [0, 0.1) is 0 Å². The minimum atomic E-state index is -2.99. The number of hydrogen-bond acceptors (Lipinski definition) is 5. The van der Waals surface area contributed by atoms with Crippen molar-refractivity contribution in [1.29, 1.82) is 0 Å². The van der Waals surface area contributed by atoms with Crippen molar-refractivity contribution in [3.05, 3.63) is 52.6 Å². The largest absolute Gasteiger partial charge is 0.380 e. The van der Waals surface area contributed by atoms with Crippen LogP contribution in [0.1, 0.15) is 18.5 Å². The lowest BCUT2D eigenvalue weighted by Crippen LogP contribution is -2.46. The second-order valence-corrected chi connectivity index (χ2v) is 7.39. The van der Waals surface area contributed by atoms with Crippen molar-refractivity contribution in [1.82, 2.24) is 15.2 Å². The Morgan fingerprint density at radius 2 is 2.04 bits per heavy atom. The lowest BCUT2D eigenvalue weighted by molar-refractivity contribution is -0.0465. The Balaban J connectivity index is 0.00000225. The SMILES string of the molecule is Cl.FC(F)(CN1CCC(NC2=C3C=CN=C3CN=C2)CC1)c1ccc(Cl)cn1. The first-order valence-electron chi connectivity index (χ1n) is 8.98. The smallest absolute Gasteiger partial charge is 0.302 e. The van der Waals surface area contributed by atoms with E-state index in [1.165, 1.54) is 18.3 Å². The molecular formula is C19H21Cl2F2N5. The van der Waals surface area contributed by atoms with E-state index >= 15 is 0 Å². The van der Waals surface area contributed by atoms with E-state index in [0.717, 1.165) is 29.8 Å². The van der Waals surface area contributed by atoms with Crippen LogP contribution in [-0.2, 0) is 5.92 Å². The number of nitrogens with one attached hydrogen (secondary N) is 1. The summed E-state index contributed by atoms with van der Waals surface area (Å²) in [6.45, 7) is 1.50. The summed E-state index contributed by atoms with van der Waals surface area (Å²) in [5.41, 5.74) is 2.81. The predicted molar refractivity (Wildman–Crippen MR) is 110 cm³/mol. The van der Waals surface area contributed by atoms with E-state index in [2.05, 4.69) is 20.3 Å². The first kappa shape index (κ1) is 20.9. The van der Waals surface area contributed by atoms with Gasteiger partial charge in [-0.05, 0) is 31.1 Å². The van der Waals surface area contributed by atoms with Crippen molar-refractivity contribution in [3.63, 3.8) is 0 Å². The van der Waals surface area contributed by atoms with E-state index in [4.69, 9.17) is 11.6 Å². The number of aliphatic imine (C=N–C) groups is 2. The van der Waals surface area contributed by atoms with Crippen molar-refractivity contribution in [2.45, 2.75) is 24.8 Å². The number of piperidine rings is 1. The number of pyridine rings is 1. The minimum absolute atomic E-state index is 0. The number of allylic oxidation sites excluding steroid dienone is 2. The van der Waals surface area contributed by atoms with Gasteiger partial charge in [-0.3, -0.25) is 19.9 Å². The van der Waals surface area contributed by atoms with E-state index in [-0.39, 0.29) is 30.7 Å². The number of aromatic nitrogens is 1. The molecule has 0 amide bonds. The molecule has 28 heavy (non-hydrogen) atoms. The molecule has 1 N–H and O–H groups in total. The molecule has 0 bridgehead atoms. The highest BCUT2D eigenvalue weighted by molar-refractivity contribution is 6.30. The molecule has 0 saturated carbocycles. The summed E-state index contributed by atoms with van der Waals surface area (Å²) >= 11 is 5.73. The number of nitrogens with zero attached hydrogens (tertiary/aromatic N) is 4. The highest BCUT2D eigenvalue weighted by Gasteiger charge is 2.36. The Hall–Kier alpha value is -1.83. The molecule has 0 aliphatic carbocycles. The number of hydrogen-bond donors (Lipinski definition) is 1. The van der Waals surface area contributed by atoms with Gasteiger partial charge in [-0.2, -0.15) is 8.78 Å². The average Bonchev–Trinajstić information content (AvgIpc) is 3.13. The molecule has 5 nitrogen and oxygen atoms in total. The monoisotopic (exact) mass is 427 g/mol. The van der Waals surface area contributed by atoms with Crippen LogP contribution in [0.2, 0.25) is 5.02 Å². The quantitative estimate of drug-likeness (QED) is 0.780. The van der Waals surface area contributed by atoms with Crippen LogP contribution in [0.15, 0.2) is 51.9 Å². The maximum absolute atomic E-state index is 14.5. The lowest BCUT2D eigenvalue weighted by atomic mass is 10.0. The Labute approximate surface area is 173 Å². The molecule has 0 atom stereocenters. The Morgan fingerprint density at radius 1 is 1.25 bits per heavy atom. The summed E-state index contributed by atoms with van der Waals surface area (Å²) < 4.78 is 29.0. The van der Waals surface area contributed by atoms with Gasteiger partial charge in [0.25, 0.3) is 0 Å². The number of fused-ring (bicyclic) bond motifs is 1. The number of halogens is 4. The minimum Gasteiger partial charge on any atom is -0.380 e. The Kier molecular flexibility index (Phi) is 6.47. The zero-order valence-electron chi connectivity index (χ0n) is 15.1. The maximum atomic E-state index is 14.5. The summed E-state index contributed by atoms with van der Waals surface area (Å²) in [6, 6.07) is 2.98. The van der Waals surface area contributed by atoms with E-state index in [0.29, 0.717) is 24.7 Å². The first-order chi connectivity index (χ1) is 13.0. The number of dihydropyridines is 1. The molecule has 9 heteroatoms. The second-order valence-electron chi connectivity index (χ2n) is 6.95. The van der Waals surface area contributed by atoms with Crippen molar-refractivity contribution < 1.29 is 8.78 Å². The normalized spacial score (nSPS) is 20.0. The summed E-state index contributed by atoms with van der Waals surface area (Å²) in [6.07, 6.45) is 8.47. The molecule has 0 radical (unpaired) electrons. The van der Waals surface area contributed by atoms with Gasteiger partial charge >= 0.3 is 5.92 Å². The topological polar surface area (TPSA) is 52.9 Å². The molecule has 3 aliphatic rings. The van der Waals surface area contributed by atoms with Crippen LogP contribution in [0.25, 0.3) is 0 Å². The van der Waals surface area contributed by atoms with Gasteiger partial charge in [0.1, 0.15) is 5.69 Å². The average molecular weight is 428 g/mol. The van der Waals surface area contributed by atoms with Crippen LogP contribution in [-0.4, -0.2) is 54.0 Å². The Bertz CT molecular complexity index is 825. The van der Waals surface area contributed by atoms with Gasteiger partial charge in [-0.25, -0.2) is 0 Å². The number of likely N-dealkylation sites (tertiary alicyclic amines) is 1. The zero-order chi connectivity index (χ0) is 18.9. The summed E-state index contributed by atoms with van der Waals surface area (Å²) in [4.78, 5) is 14.2. The third-order valence-corrected chi connectivity index (χ3v) is 5.23. The van der Waals surface area contributed by atoms with Gasteiger partial charge in [0.2, 0.25) is 0 Å². The molecule has 1 saturated heterocycles. The summed E-state index contributed by atoms with van der Waals surface area (Å²) in [5.74, 6) is -2.99. The fourth-order valence-electron chi connectivity index (χ4n) is 3.56. The van der Waals surface area contributed by atoms with Crippen LogP contribution >= 0.6 is 24.0 Å². The molecular weight excluding hydrogens is 407 g/mol. The molecule has 0 aromatic carbocycles.